The summed E-state index contributed by atoms with van der Waals surface area (Å²) < 4.78 is 26.6. The largest absolute Gasteiger partial charge is 0.481 e. The number of benzene rings is 1. The van der Waals surface area contributed by atoms with Crippen molar-refractivity contribution in [2.45, 2.75) is 37.6 Å². The predicted octanol–water partition coefficient (Wildman–Crippen LogP) is 1.65. The number of carbonyl (C=O) groups is 1. The van der Waals surface area contributed by atoms with E-state index in [2.05, 4.69) is 10.0 Å². The van der Waals surface area contributed by atoms with Crippen molar-refractivity contribution in [1.82, 2.24) is 4.72 Å². The zero-order valence-electron chi connectivity index (χ0n) is 12.1. The number of rotatable bonds is 7. The molecule has 1 aliphatic rings. The number of hydrogen-bond donors (Lipinski definition) is 3. The van der Waals surface area contributed by atoms with Crippen molar-refractivity contribution in [1.29, 1.82) is 0 Å². The maximum absolute atomic E-state index is 12.0. The molecule has 0 bridgehead atoms. The van der Waals surface area contributed by atoms with E-state index in [-0.39, 0.29) is 17.5 Å². The van der Waals surface area contributed by atoms with Crippen LogP contribution in [-0.2, 0) is 14.8 Å². The van der Waals surface area contributed by atoms with Gasteiger partial charge in [-0.1, -0.05) is 0 Å². The van der Waals surface area contributed by atoms with Crippen LogP contribution in [0.5, 0.6) is 0 Å². The van der Waals surface area contributed by atoms with E-state index in [0.29, 0.717) is 5.69 Å². The van der Waals surface area contributed by atoms with Crippen LogP contribution in [0, 0.1) is 5.41 Å². The molecule has 21 heavy (non-hydrogen) atoms. The van der Waals surface area contributed by atoms with Gasteiger partial charge in [0.2, 0.25) is 10.0 Å². The summed E-state index contributed by atoms with van der Waals surface area (Å²) in [6.45, 7) is 3.51. The Balaban J connectivity index is 2.00. The van der Waals surface area contributed by atoms with E-state index >= 15 is 0 Å². The van der Waals surface area contributed by atoms with Gasteiger partial charge >= 0.3 is 5.97 Å². The number of aliphatic carboxylic acids is 1. The van der Waals surface area contributed by atoms with E-state index in [1.54, 1.807) is 26.0 Å². The van der Waals surface area contributed by atoms with Gasteiger partial charge in [0.25, 0.3) is 0 Å². The van der Waals surface area contributed by atoms with Gasteiger partial charge in [-0.05, 0) is 51.0 Å². The van der Waals surface area contributed by atoms with Crippen molar-refractivity contribution in [3.05, 3.63) is 24.3 Å². The number of carboxylic acid groups (broad SMARTS) is 1. The maximum atomic E-state index is 12.0. The molecule has 1 aromatic carbocycles. The minimum absolute atomic E-state index is 0.0733. The fourth-order valence-electron chi connectivity index (χ4n) is 1.64. The van der Waals surface area contributed by atoms with Crippen LogP contribution in [0.3, 0.4) is 0 Å². The summed E-state index contributed by atoms with van der Waals surface area (Å²) in [5.41, 5.74) is -0.201. The predicted molar refractivity (Wildman–Crippen MR) is 79.7 cm³/mol. The van der Waals surface area contributed by atoms with E-state index in [1.165, 1.54) is 12.1 Å². The van der Waals surface area contributed by atoms with E-state index in [0.717, 1.165) is 12.8 Å². The molecule has 0 aliphatic heterocycles. The monoisotopic (exact) mass is 312 g/mol. The van der Waals surface area contributed by atoms with Crippen molar-refractivity contribution >= 4 is 21.7 Å². The van der Waals surface area contributed by atoms with Gasteiger partial charge in [0.05, 0.1) is 10.3 Å². The van der Waals surface area contributed by atoms with Crippen molar-refractivity contribution in [2.24, 2.45) is 5.41 Å². The molecule has 0 saturated heterocycles. The Bertz CT molecular complexity index is 619. The molecule has 1 saturated carbocycles. The van der Waals surface area contributed by atoms with Crippen molar-refractivity contribution in [2.75, 3.05) is 11.9 Å². The molecule has 2 rings (SSSR count). The Morgan fingerprint density at radius 2 is 1.86 bits per heavy atom. The minimum atomic E-state index is -3.44. The van der Waals surface area contributed by atoms with Gasteiger partial charge in [0.1, 0.15) is 0 Å². The topological polar surface area (TPSA) is 95.5 Å². The lowest BCUT2D eigenvalue weighted by Gasteiger charge is -2.20. The molecule has 0 heterocycles. The fourth-order valence-corrected chi connectivity index (χ4v) is 2.94. The van der Waals surface area contributed by atoms with Crippen LogP contribution in [0.2, 0.25) is 0 Å². The molecule has 0 aromatic heterocycles. The summed E-state index contributed by atoms with van der Waals surface area (Å²) in [7, 11) is -3.44. The highest BCUT2D eigenvalue weighted by Gasteiger charge is 2.28. The Labute approximate surface area is 124 Å². The molecule has 6 nitrogen and oxygen atoms in total. The first-order valence-electron chi connectivity index (χ1n) is 6.80. The highest BCUT2D eigenvalue weighted by atomic mass is 32.2. The van der Waals surface area contributed by atoms with Gasteiger partial charge in [-0.2, -0.15) is 0 Å². The lowest BCUT2D eigenvalue weighted by Crippen LogP contribution is -2.31. The second kappa shape index (κ2) is 5.65. The van der Waals surface area contributed by atoms with Crippen molar-refractivity contribution < 1.29 is 18.3 Å². The molecule has 0 spiro atoms. The molecule has 1 aliphatic carbocycles. The zero-order valence-corrected chi connectivity index (χ0v) is 12.9. The lowest BCUT2D eigenvalue weighted by atomic mass is 9.94. The summed E-state index contributed by atoms with van der Waals surface area (Å²) in [5.74, 6) is -0.886. The molecule has 0 atom stereocenters. The zero-order chi connectivity index (χ0) is 15.7. The standard InChI is InChI=1S/C14H20N2O4S/c1-14(2,13(17)18)9-15-10-5-7-12(8-6-10)21(19,20)16-11-3-4-11/h5-8,11,15-16H,3-4,9H2,1-2H3,(H,17,18). The Morgan fingerprint density at radius 3 is 2.33 bits per heavy atom. The molecule has 0 amide bonds. The van der Waals surface area contributed by atoms with Crippen LogP contribution in [-0.4, -0.2) is 32.1 Å². The Morgan fingerprint density at radius 1 is 1.29 bits per heavy atom. The minimum Gasteiger partial charge on any atom is -0.481 e. The van der Waals surface area contributed by atoms with E-state index in [9.17, 15) is 13.2 Å². The first kappa shape index (κ1) is 15.8. The van der Waals surface area contributed by atoms with Crippen LogP contribution in [0.1, 0.15) is 26.7 Å². The van der Waals surface area contributed by atoms with Crippen LogP contribution in [0.15, 0.2) is 29.2 Å². The number of nitrogens with one attached hydrogen (secondary N) is 2. The molecular formula is C14H20N2O4S. The summed E-state index contributed by atoms with van der Waals surface area (Å²) >= 11 is 0. The third kappa shape index (κ3) is 4.18. The maximum Gasteiger partial charge on any atom is 0.310 e. The molecule has 1 aromatic rings. The fraction of sp³-hybridized carbons (Fsp3) is 0.500. The van der Waals surface area contributed by atoms with E-state index < -0.39 is 21.4 Å². The first-order chi connectivity index (χ1) is 9.71. The lowest BCUT2D eigenvalue weighted by molar-refractivity contribution is -0.146. The Kier molecular flexibility index (Phi) is 4.25. The van der Waals surface area contributed by atoms with Gasteiger partial charge in [-0.25, -0.2) is 13.1 Å². The van der Waals surface area contributed by atoms with Crippen LogP contribution >= 0.6 is 0 Å². The third-order valence-electron chi connectivity index (χ3n) is 3.38. The summed E-state index contributed by atoms with van der Waals surface area (Å²) in [4.78, 5) is 11.2. The quantitative estimate of drug-likeness (QED) is 0.711. The highest BCUT2D eigenvalue weighted by Crippen LogP contribution is 2.23. The van der Waals surface area contributed by atoms with Gasteiger partial charge in [-0.3, -0.25) is 4.79 Å². The second-order valence-electron chi connectivity index (χ2n) is 5.96. The van der Waals surface area contributed by atoms with Gasteiger partial charge in [0.15, 0.2) is 0 Å². The molecule has 1 fully saturated rings. The van der Waals surface area contributed by atoms with Gasteiger partial charge < -0.3 is 10.4 Å². The number of anilines is 1. The average Bonchev–Trinajstić information content (AvgIpc) is 3.20. The molecule has 116 valence electrons. The molecule has 0 radical (unpaired) electrons. The number of sulfonamides is 1. The van der Waals surface area contributed by atoms with Crippen molar-refractivity contribution in [3.63, 3.8) is 0 Å². The molecule has 3 N–H and O–H groups in total. The van der Waals surface area contributed by atoms with Gasteiger partial charge in [-0.15, -0.1) is 0 Å². The summed E-state index contributed by atoms with van der Waals surface area (Å²) in [6, 6.07) is 6.38. The number of hydrogen-bond acceptors (Lipinski definition) is 4. The smallest absolute Gasteiger partial charge is 0.310 e. The highest BCUT2D eigenvalue weighted by molar-refractivity contribution is 7.89. The summed E-state index contributed by atoms with van der Waals surface area (Å²) in [6.07, 6.45) is 1.78. The van der Waals surface area contributed by atoms with Crippen LogP contribution in [0.25, 0.3) is 0 Å². The number of carboxylic acids is 1. The van der Waals surface area contributed by atoms with E-state index in [1.807, 2.05) is 0 Å². The van der Waals surface area contributed by atoms with Crippen LogP contribution in [0.4, 0.5) is 5.69 Å². The van der Waals surface area contributed by atoms with Gasteiger partial charge in [0, 0.05) is 18.3 Å². The average molecular weight is 312 g/mol. The molecular weight excluding hydrogens is 292 g/mol. The van der Waals surface area contributed by atoms with E-state index in [4.69, 9.17) is 5.11 Å². The molecule has 0 unspecified atom stereocenters. The first-order valence-corrected chi connectivity index (χ1v) is 8.29. The third-order valence-corrected chi connectivity index (χ3v) is 4.91. The SMILES string of the molecule is CC(C)(CNc1ccc(S(=O)(=O)NC2CC2)cc1)C(=O)O. The van der Waals surface area contributed by atoms with Crippen LogP contribution < -0.4 is 10.0 Å². The van der Waals surface area contributed by atoms with Crippen molar-refractivity contribution in [3.8, 4) is 0 Å². The normalized spacial score (nSPS) is 15.7. The summed E-state index contributed by atoms with van der Waals surface area (Å²) in [5, 5.41) is 12.0. The molecule has 7 heteroatoms. The second-order valence-corrected chi connectivity index (χ2v) is 7.68. The Hall–Kier alpha value is -1.60.